The number of carbonyl (C=O) groups excluding carboxylic acids is 1. The van der Waals surface area contributed by atoms with Gasteiger partial charge in [-0.25, -0.2) is 12.8 Å². The molecule has 2 aromatic carbocycles. The van der Waals surface area contributed by atoms with Gasteiger partial charge < -0.3 is 9.88 Å². The molecule has 0 spiro atoms. The number of aromatic nitrogens is 1. The number of halogens is 2. The first-order chi connectivity index (χ1) is 13.1. The van der Waals surface area contributed by atoms with Crippen LogP contribution in [0, 0.1) is 5.82 Å². The Labute approximate surface area is 171 Å². The molecular formula is C20H18BrFN2O3S. The molecule has 3 aromatic rings. The molecule has 146 valence electrons. The lowest BCUT2D eigenvalue weighted by molar-refractivity contribution is -0.117. The molecule has 0 fully saturated rings. The molecule has 0 saturated carbocycles. The van der Waals surface area contributed by atoms with E-state index in [1.54, 1.807) is 35.2 Å². The molecule has 28 heavy (non-hydrogen) atoms. The van der Waals surface area contributed by atoms with Crippen LogP contribution in [0.2, 0.25) is 0 Å². The van der Waals surface area contributed by atoms with Crippen LogP contribution in [0.4, 0.5) is 10.1 Å². The molecule has 0 bridgehead atoms. The van der Waals surface area contributed by atoms with E-state index in [4.69, 9.17) is 0 Å². The lowest BCUT2D eigenvalue weighted by atomic mass is 10.2. The van der Waals surface area contributed by atoms with Crippen LogP contribution in [-0.2, 0) is 14.6 Å². The standard InChI is InChI=1S/C20H18BrFN2O3S/c1-20(2,28(26,27)16-8-5-14(21)6-9-16)19(25)23-18-13-15(7-10-17(18)22)24-11-3-4-12-24/h3-13H,1-2H3,(H,23,25). The van der Waals surface area contributed by atoms with Gasteiger partial charge in [-0.15, -0.1) is 0 Å². The Bertz CT molecular complexity index is 1110. The van der Waals surface area contributed by atoms with Gasteiger partial charge in [-0.05, 0) is 68.4 Å². The van der Waals surface area contributed by atoms with Crippen molar-refractivity contribution < 1.29 is 17.6 Å². The van der Waals surface area contributed by atoms with Gasteiger partial charge in [0.1, 0.15) is 10.6 Å². The number of nitrogens with zero attached hydrogens (tertiary/aromatic N) is 1. The summed E-state index contributed by atoms with van der Waals surface area (Å²) in [6.07, 6.45) is 3.56. The van der Waals surface area contributed by atoms with Gasteiger partial charge in [0, 0.05) is 22.6 Å². The van der Waals surface area contributed by atoms with E-state index in [2.05, 4.69) is 21.2 Å². The molecule has 5 nitrogen and oxygen atoms in total. The first kappa shape index (κ1) is 20.3. The number of rotatable bonds is 5. The second kappa shape index (κ2) is 7.52. The maximum Gasteiger partial charge on any atom is 0.245 e. The number of benzene rings is 2. The van der Waals surface area contributed by atoms with Crippen LogP contribution in [0.5, 0.6) is 0 Å². The van der Waals surface area contributed by atoms with E-state index < -0.39 is 26.3 Å². The Morgan fingerprint density at radius 1 is 1.07 bits per heavy atom. The van der Waals surface area contributed by atoms with Crippen LogP contribution in [0.15, 0.2) is 76.4 Å². The van der Waals surface area contributed by atoms with Crippen molar-refractivity contribution in [3.63, 3.8) is 0 Å². The number of anilines is 1. The van der Waals surface area contributed by atoms with Crippen molar-refractivity contribution >= 4 is 37.4 Å². The number of nitrogens with one attached hydrogen (secondary N) is 1. The highest BCUT2D eigenvalue weighted by Gasteiger charge is 2.43. The van der Waals surface area contributed by atoms with Crippen molar-refractivity contribution in [2.24, 2.45) is 0 Å². The molecule has 0 saturated heterocycles. The number of sulfone groups is 1. The maximum atomic E-state index is 14.2. The number of hydrogen-bond acceptors (Lipinski definition) is 3. The summed E-state index contributed by atoms with van der Waals surface area (Å²) in [6, 6.07) is 13.9. The predicted octanol–water partition coefficient (Wildman–Crippen LogP) is 4.57. The third-order valence-electron chi connectivity index (χ3n) is 4.44. The third kappa shape index (κ3) is 3.74. The number of hydrogen-bond donors (Lipinski definition) is 1. The van der Waals surface area contributed by atoms with E-state index in [0.717, 1.165) is 4.47 Å². The van der Waals surface area contributed by atoms with Crippen molar-refractivity contribution in [3.05, 3.63) is 77.3 Å². The van der Waals surface area contributed by atoms with Gasteiger partial charge in [-0.2, -0.15) is 0 Å². The third-order valence-corrected chi connectivity index (χ3v) is 7.39. The molecule has 8 heteroatoms. The van der Waals surface area contributed by atoms with Gasteiger partial charge in [-0.3, -0.25) is 4.79 Å². The van der Waals surface area contributed by atoms with E-state index in [9.17, 15) is 17.6 Å². The molecule has 1 heterocycles. The Hall–Kier alpha value is -2.45. The summed E-state index contributed by atoms with van der Waals surface area (Å²) in [5.74, 6) is -1.47. The highest BCUT2D eigenvalue weighted by atomic mass is 79.9. The summed E-state index contributed by atoms with van der Waals surface area (Å²) >= 11 is 3.25. The predicted molar refractivity (Wildman–Crippen MR) is 110 cm³/mol. The molecule has 3 rings (SSSR count). The van der Waals surface area contributed by atoms with Gasteiger partial charge in [-0.1, -0.05) is 15.9 Å². The van der Waals surface area contributed by atoms with Gasteiger partial charge in [0.25, 0.3) is 0 Å². The van der Waals surface area contributed by atoms with Gasteiger partial charge in [0.15, 0.2) is 9.84 Å². The normalized spacial score (nSPS) is 12.0. The molecule has 0 atom stereocenters. The van der Waals surface area contributed by atoms with E-state index in [1.807, 2.05) is 12.1 Å². The van der Waals surface area contributed by atoms with E-state index in [1.165, 1.54) is 38.1 Å². The summed E-state index contributed by atoms with van der Waals surface area (Å²) < 4.78 is 40.8. The fourth-order valence-corrected chi connectivity index (χ4v) is 4.22. The molecule has 0 aliphatic heterocycles. The zero-order valence-corrected chi connectivity index (χ0v) is 17.6. The Balaban J connectivity index is 1.91. The lowest BCUT2D eigenvalue weighted by Gasteiger charge is -2.24. The second-order valence-electron chi connectivity index (χ2n) is 6.68. The molecular weight excluding hydrogens is 447 g/mol. The monoisotopic (exact) mass is 464 g/mol. The summed E-state index contributed by atoms with van der Waals surface area (Å²) in [7, 11) is -4.00. The van der Waals surface area contributed by atoms with Crippen LogP contribution in [0.25, 0.3) is 5.69 Å². The summed E-state index contributed by atoms with van der Waals surface area (Å²) in [5.41, 5.74) is 0.547. The molecule has 1 amide bonds. The molecule has 0 radical (unpaired) electrons. The maximum absolute atomic E-state index is 14.2. The zero-order valence-electron chi connectivity index (χ0n) is 15.2. The Morgan fingerprint density at radius 2 is 1.68 bits per heavy atom. The van der Waals surface area contributed by atoms with Crippen LogP contribution >= 0.6 is 15.9 Å². The Kier molecular flexibility index (Phi) is 5.45. The highest BCUT2D eigenvalue weighted by Crippen LogP contribution is 2.29. The van der Waals surface area contributed by atoms with E-state index in [-0.39, 0.29) is 10.6 Å². The average Bonchev–Trinajstić information content (AvgIpc) is 3.18. The van der Waals surface area contributed by atoms with Crippen molar-refractivity contribution in [2.75, 3.05) is 5.32 Å². The quantitative estimate of drug-likeness (QED) is 0.601. The minimum Gasteiger partial charge on any atom is -0.324 e. The molecule has 0 unspecified atom stereocenters. The van der Waals surface area contributed by atoms with Gasteiger partial charge in [0.05, 0.1) is 10.6 Å². The summed E-state index contributed by atoms with van der Waals surface area (Å²) in [6.45, 7) is 2.60. The van der Waals surface area contributed by atoms with Gasteiger partial charge in [0.2, 0.25) is 5.91 Å². The molecule has 1 aromatic heterocycles. The fraction of sp³-hybridized carbons (Fsp3) is 0.150. The van der Waals surface area contributed by atoms with Gasteiger partial charge >= 0.3 is 0 Å². The van der Waals surface area contributed by atoms with Crippen LogP contribution in [0.1, 0.15) is 13.8 Å². The minimum atomic E-state index is -4.00. The first-order valence-corrected chi connectivity index (χ1v) is 10.6. The average molecular weight is 465 g/mol. The van der Waals surface area contributed by atoms with Crippen LogP contribution in [0.3, 0.4) is 0 Å². The Morgan fingerprint density at radius 3 is 2.29 bits per heavy atom. The van der Waals surface area contributed by atoms with Crippen molar-refractivity contribution in [3.8, 4) is 5.69 Å². The minimum absolute atomic E-state index is 0.0115. The van der Waals surface area contributed by atoms with E-state index in [0.29, 0.717) is 5.69 Å². The van der Waals surface area contributed by atoms with Crippen LogP contribution in [-0.4, -0.2) is 23.6 Å². The topological polar surface area (TPSA) is 68.2 Å². The summed E-state index contributed by atoms with van der Waals surface area (Å²) in [5, 5.41) is 2.42. The largest absolute Gasteiger partial charge is 0.324 e. The SMILES string of the molecule is CC(C)(C(=O)Nc1cc(-n2cccc2)ccc1F)S(=O)(=O)c1ccc(Br)cc1. The molecule has 0 aliphatic carbocycles. The molecule has 0 aliphatic rings. The van der Waals surface area contributed by atoms with Crippen molar-refractivity contribution in [1.82, 2.24) is 4.57 Å². The fourth-order valence-electron chi connectivity index (χ4n) is 2.58. The van der Waals surface area contributed by atoms with Crippen molar-refractivity contribution in [1.29, 1.82) is 0 Å². The smallest absolute Gasteiger partial charge is 0.245 e. The van der Waals surface area contributed by atoms with E-state index >= 15 is 0 Å². The number of amides is 1. The zero-order chi connectivity index (χ0) is 20.5. The number of carbonyl (C=O) groups is 1. The first-order valence-electron chi connectivity index (χ1n) is 8.37. The second-order valence-corrected chi connectivity index (χ2v) is 10.1. The molecule has 1 N–H and O–H groups in total. The highest BCUT2D eigenvalue weighted by molar-refractivity contribution is 9.10. The van der Waals surface area contributed by atoms with Crippen molar-refractivity contribution in [2.45, 2.75) is 23.5 Å². The lowest BCUT2D eigenvalue weighted by Crippen LogP contribution is -2.44. The van der Waals surface area contributed by atoms with Crippen LogP contribution < -0.4 is 5.32 Å². The summed E-state index contributed by atoms with van der Waals surface area (Å²) in [4.78, 5) is 12.8.